The second kappa shape index (κ2) is 5.58. The van der Waals surface area contributed by atoms with Gasteiger partial charge in [-0.25, -0.2) is 13.1 Å². The van der Waals surface area contributed by atoms with Gasteiger partial charge in [0.1, 0.15) is 0 Å². The molecule has 0 unspecified atom stereocenters. The Morgan fingerprint density at radius 1 is 1.15 bits per heavy atom. The summed E-state index contributed by atoms with van der Waals surface area (Å²) < 4.78 is 32.6. The van der Waals surface area contributed by atoms with Crippen LogP contribution in [0, 0.1) is 23.7 Å². The number of nitrogens with one attached hydrogen (secondary N) is 1. The molecule has 3 saturated carbocycles. The van der Waals surface area contributed by atoms with Crippen molar-refractivity contribution in [2.75, 3.05) is 12.4 Å². The lowest BCUT2D eigenvalue weighted by molar-refractivity contribution is 0.0910. The van der Waals surface area contributed by atoms with Crippen molar-refractivity contribution in [1.29, 1.82) is 0 Å². The predicted molar refractivity (Wildman–Crippen MR) is 78.8 cm³/mol. The fourth-order valence-corrected chi connectivity index (χ4v) is 6.05. The van der Waals surface area contributed by atoms with Crippen LogP contribution in [0.15, 0.2) is 0 Å². The zero-order valence-corrected chi connectivity index (χ0v) is 13.4. The zero-order valence-electron chi connectivity index (χ0n) is 12.5. The van der Waals surface area contributed by atoms with Crippen LogP contribution in [0.3, 0.4) is 0 Å². The number of fused-ring (bicyclic) bond motifs is 5. The predicted octanol–water partition coefficient (Wildman–Crippen LogP) is 2.16. The fraction of sp³-hybridized carbons (Fsp3) is 1.00. The van der Waals surface area contributed by atoms with E-state index in [0.29, 0.717) is 12.5 Å². The summed E-state index contributed by atoms with van der Waals surface area (Å²) in [6, 6.07) is 0.198. The van der Waals surface area contributed by atoms with Gasteiger partial charge in [-0.2, -0.15) is 0 Å². The van der Waals surface area contributed by atoms with Crippen molar-refractivity contribution in [3.05, 3.63) is 0 Å². The van der Waals surface area contributed by atoms with Gasteiger partial charge in [0.2, 0.25) is 10.0 Å². The Balaban J connectivity index is 1.54. The van der Waals surface area contributed by atoms with E-state index in [1.54, 1.807) is 0 Å². The first-order chi connectivity index (χ1) is 9.46. The molecule has 2 bridgehead atoms. The van der Waals surface area contributed by atoms with E-state index in [2.05, 4.69) is 4.72 Å². The molecule has 0 aromatic carbocycles. The molecule has 0 aliphatic heterocycles. The highest BCUT2D eigenvalue weighted by Gasteiger charge is 2.54. The topological polar surface area (TPSA) is 55.4 Å². The third kappa shape index (κ3) is 2.90. The lowest BCUT2D eigenvalue weighted by Crippen LogP contribution is -2.43. The Bertz CT molecular complexity index is 448. The second-order valence-corrected chi connectivity index (χ2v) is 8.99. The van der Waals surface area contributed by atoms with Gasteiger partial charge in [-0.05, 0) is 63.2 Å². The minimum Gasteiger partial charge on any atom is -0.378 e. The quantitative estimate of drug-likeness (QED) is 0.818. The average molecular weight is 301 g/mol. The van der Waals surface area contributed by atoms with Crippen LogP contribution in [-0.4, -0.2) is 32.9 Å². The summed E-state index contributed by atoms with van der Waals surface area (Å²) in [7, 11) is -3.19. The largest absolute Gasteiger partial charge is 0.378 e. The van der Waals surface area contributed by atoms with Gasteiger partial charge in [-0.3, -0.25) is 0 Å². The normalized spacial score (nSPS) is 39.6. The molecule has 20 heavy (non-hydrogen) atoms. The average Bonchev–Trinajstić information content (AvgIpc) is 2.97. The molecule has 5 heteroatoms. The molecule has 5 atom stereocenters. The summed E-state index contributed by atoms with van der Waals surface area (Å²) in [5, 5.41) is 0. The molecule has 0 aromatic heterocycles. The number of rotatable bonds is 6. The first-order valence-corrected chi connectivity index (χ1v) is 9.73. The highest BCUT2D eigenvalue weighted by atomic mass is 32.2. The summed E-state index contributed by atoms with van der Waals surface area (Å²) in [5.74, 6) is 3.19. The molecule has 0 saturated heterocycles. The van der Waals surface area contributed by atoms with E-state index in [4.69, 9.17) is 4.74 Å². The molecule has 1 N–H and O–H groups in total. The van der Waals surface area contributed by atoms with Crippen molar-refractivity contribution in [3.63, 3.8) is 0 Å². The highest BCUT2D eigenvalue weighted by Crippen LogP contribution is 2.58. The summed E-state index contributed by atoms with van der Waals surface area (Å²) >= 11 is 0. The number of hydrogen-bond donors (Lipinski definition) is 1. The smallest absolute Gasteiger partial charge is 0.214 e. The molecular formula is C15H27NO3S. The first-order valence-electron chi connectivity index (χ1n) is 8.08. The van der Waals surface area contributed by atoms with Crippen LogP contribution >= 0.6 is 0 Å². The second-order valence-electron chi connectivity index (χ2n) is 7.12. The Hall–Kier alpha value is -0.130. The standard InChI is InChI=1S/C15H27NO3S/c1-10(2)19-6-7-20(17,18)16-15-9-11-8-14(15)13-5-3-4-12(11)13/h10-16H,3-9H2,1-2H3/t11-,12+,13+,14+,15-/m1/s1. The van der Waals surface area contributed by atoms with E-state index in [9.17, 15) is 8.42 Å². The lowest BCUT2D eigenvalue weighted by atomic mass is 9.79. The Labute approximate surface area is 122 Å². The van der Waals surface area contributed by atoms with Gasteiger partial charge in [0.25, 0.3) is 0 Å². The minimum atomic E-state index is -3.19. The maximum atomic E-state index is 12.1. The molecular weight excluding hydrogens is 274 g/mol. The van der Waals surface area contributed by atoms with E-state index < -0.39 is 10.0 Å². The van der Waals surface area contributed by atoms with Crippen molar-refractivity contribution < 1.29 is 13.2 Å². The van der Waals surface area contributed by atoms with E-state index in [1.807, 2.05) is 13.8 Å². The molecule has 3 aliphatic rings. The summed E-state index contributed by atoms with van der Waals surface area (Å²) in [5.41, 5.74) is 0. The first kappa shape index (κ1) is 14.8. The van der Waals surface area contributed by atoms with Crippen LogP contribution in [0.1, 0.15) is 46.0 Å². The molecule has 3 fully saturated rings. The maximum Gasteiger partial charge on any atom is 0.214 e. The van der Waals surface area contributed by atoms with Crippen molar-refractivity contribution in [2.45, 2.75) is 58.1 Å². The number of sulfonamides is 1. The monoisotopic (exact) mass is 301 g/mol. The molecule has 0 aromatic rings. The van der Waals surface area contributed by atoms with Crippen molar-refractivity contribution in [3.8, 4) is 0 Å². The summed E-state index contributed by atoms with van der Waals surface area (Å²) in [6.45, 7) is 4.15. The van der Waals surface area contributed by atoms with Gasteiger partial charge in [0.15, 0.2) is 0 Å². The third-order valence-corrected chi connectivity index (χ3v) is 6.93. The highest BCUT2D eigenvalue weighted by molar-refractivity contribution is 7.89. The molecule has 3 rings (SSSR count). The molecule has 4 nitrogen and oxygen atoms in total. The Morgan fingerprint density at radius 2 is 1.90 bits per heavy atom. The van der Waals surface area contributed by atoms with Crippen molar-refractivity contribution >= 4 is 10.0 Å². The molecule has 0 spiro atoms. The van der Waals surface area contributed by atoms with Crippen LogP contribution in [-0.2, 0) is 14.8 Å². The molecule has 0 amide bonds. The SMILES string of the molecule is CC(C)OCCS(=O)(=O)N[C@@H]1C[C@H]2C[C@H]1[C@H]1CCC[C@@H]21. The van der Waals surface area contributed by atoms with Crippen molar-refractivity contribution in [1.82, 2.24) is 4.72 Å². The van der Waals surface area contributed by atoms with Gasteiger partial charge >= 0.3 is 0 Å². The maximum absolute atomic E-state index is 12.1. The number of hydrogen-bond acceptors (Lipinski definition) is 3. The van der Waals surface area contributed by atoms with E-state index >= 15 is 0 Å². The van der Waals surface area contributed by atoms with Gasteiger partial charge in [0.05, 0.1) is 18.5 Å². The number of ether oxygens (including phenoxy) is 1. The van der Waals surface area contributed by atoms with Gasteiger partial charge < -0.3 is 4.74 Å². The van der Waals surface area contributed by atoms with Crippen LogP contribution < -0.4 is 4.72 Å². The van der Waals surface area contributed by atoms with Gasteiger partial charge in [-0.15, -0.1) is 0 Å². The summed E-state index contributed by atoms with van der Waals surface area (Å²) in [4.78, 5) is 0. The van der Waals surface area contributed by atoms with Crippen molar-refractivity contribution in [2.24, 2.45) is 23.7 Å². The fourth-order valence-electron chi connectivity index (χ4n) is 4.89. The molecule has 3 aliphatic carbocycles. The third-order valence-electron chi connectivity index (χ3n) is 5.56. The van der Waals surface area contributed by atoms with Crippen LogP contribution in [0.5, 0.6) is 0 Å². The molecule has 116 valence electrons. The van der Waals surface area contributed by atoms with Crippen LogP contribution in [0.2, 0.25) is 0 Å². The summed E-state index contributed by atoms with van der Waals surface area (Å²) in [6.07, 6.45) is 6.46. The zero-order chi connectivity index (χ0) is 14.3. The Morgan fingerprint density at radius 3 is 2.65 bits per heavy atom. The van der Waals surface area contributed by atoms with Gasteiger partial charge in [0, 0.05) is 6.04 Å². The van der Waals surface area contributed by atoms with Crippen LogP contribution in [0.25, 0.3) is 0 Å². The van der Waals surface area contributed by atoms with E-state index in [-0.39, 0.29) is 17.9 Å². The van der Waals surface area contributed by atoms with Crippen LogP contribution in [0.4, 0.5) is 0 Å². The molecule has 0 heterocycles. The lowest BCUT2D eigenvalue weighted by Gasteiger charge is -2.31. The Kier molecular flexibility index (Phi) is 4.13. The minimum absolute atomic E-state index is 0.0898. The molecule has 0 radical (unpaired) electrons. The van der Waals surface area contributed by atoms with Gasteiger partial charge in [-0.1, -0.05) is 6.42 Å². The van der Waals surface area contributed by atoms with E-state index in [0.717, 1.165) is 24.2 Å². The van der Waals surface area contributed by atoms with E-state index in [1.165, 1.54) is 25.7 Å².